The molecular weight excluding hydrogens is 296 g/mol. The van der Waals surface area contributed by atoms with Crippen LogP contribution in [0.4, 0.5) is 0 Å². The summed E-state index contributed by atoms with van der Waals surface area (Å²) in [5, 5.41) is 6.81. The third-order valence-electron chi connectivity index (χ3n) is 5.61. The Morgan fingerprint density at radius 1 is 1.26 bits per heavy atom. The average molecular weight is 318 g/mol. The van der Waals surface area contributed by atoms with Crippen LogP contribution in [-0.2, 0) is 9.53 Å². The van der Waals surface area contributed by atoms with E-state index in [-0.39, 0.29) is 23.8 Å². The molecule has 1 heterocycles. The first-order chi connectivity index (χ1) is 11.0. The Hall–Kier alpha value is -1.85. The first kappa shape index (κ1) is 14.7. The largest absolute Gasteiger partial charge is 0.450 e. The lowest BCUT2D eigenvalue weighted by atomic mass is 9.53. The number of hydrogen-bond acceptors (Lipinski definition) is 5. The predicted octanol–water partition coefficient (Wildman–Crippen LogP) is 2.22. The van der Waals surface area contributed by atoms with Gasteiger partial charge in [0, 0.05) is 11.6 Å². The van der Waals surface area contributed by atoms with E-state index in [4.69, 9.17) is 9.26 Å². The quantitative estimate of drug-likeness (QED) is 0.861. The first-order valence-corrected chi connectivity index (χ1v) is 8.43. The minimum absolute atomic E-state index is 0.0325. The van der Waals surface area contributed by atoms with Gasteiger partial charge >= 0.3 is 5.97 Å². The van der Waals surface area contributed by atoms with Gasteiger partial charge in [0.15, 0.2) is 6.61 Å². The maximum atomic E-state index is 12.2. The first-order valence-electron chi connectivity index (χ1n) is 8.43. The monoisotopic (exact) mass is 318 g/mol. The van der Waals surface area contributed by atoms with E-state index in [9.17, 15) is 9.59 Å². The van der Waals surface area contributed by atoms with Gasteiger partial charge < -0.3 is 14.6 Å². The van der Waals surface area contributed by atoms with Crippen LogP contribution in [0.3, 0.4) is 0 Å². The second-order valence-electron chi connectivity index (χ2n) is 7.65. The van der Waals surface area contributed by atoms with Crippen molar-refractivity contribution >= 4 is 11.9 Å². The molecule has 124 valence electrons. The molecule has 4 bridgehead atoms. The predicted molar refractivity (Wildman–Crippen MR) is 80.6 cm³/mol. The van der Waals surface area contributed by atoms with E-state index >= 15 is 0 Å². The zero-order valence-corrected chi connectivity index (χ0v) is 13.3. The molecule has 1 amide bonds. The minimum atomic E-state index is -0.647. The van der Waals surface area contributed by atoms with Gasteiger partial charge in [-0.3, -0.25) is 4.79 Å². The minimum Gasteiger partial charge on any atom is -0.450 e. The molecule has 6 heteroatoms. The fourth-order valence-electron chi connectivity index (χ4n) is 5.26. The highest BCUT2D eigenvalue weighted by Crippen LogP contribution is 2.55. The summed E-state index contributed by atoms with van der Waals surface area (Å²) in [5.74, 6) is 1.47. The molecule has 4 aliphatic carbocycles. The zero-order chi connectivity index (χ0) is 16.0. The highest BCUT2D eigenvalue weighted by atomic mass is 16.6. The second kappa shape index (κ2) is 5.35. The van der Waals surface area contributed by atoms with Crippen molar-refractivity contribution in [2.75, 3.05) is 6.61 Å². The molecule has 0 aliphatic heterocycles. The van der Waals surface area contributed by atoms with E-state index in [1.165, 1.54) is 25.3 Å². The molecule has 1 N–H and O–H groups in total. The number of ether oxygens (including phenoxy) is 1. The summed E-state index contributed by atoms with van der Waals surface area (Å²) < 4.78 is 9.87. The third-order valence-corrected chi connectivity index (χ3v) is 5.61. The van der Waals surface area contributed by atoms with Crippen LogP contribution in [0.5, 0.6) is 0 Å². The molecule has 6 nitrogen and oxygen atoms in total. The summed E-state index contributed by atoms with van der Waals surface area (Å²) in [6, 6.07) is 1.50. The van der Waals surface area contributed by atoms with Crippen LogP contribution >= 0.6 is 0 Å². The van der Waals surface area contributed by atoms with Crippen LogP contribution in [0.15, 0.2) is 10.6 Å². The Morgan fingerprint density at radius 2 is 1.87 bits per heavy atom. The molecule has 1 aromatic rings. The van der Waals surface area contributed by atoms with Crippen molar-refractivity contribution in [2.45, 2.75) is 51.0 Å². The highest BCUT2D eigenvalue weighted by Gasteiger charge is 2.51. The fourth-order valence-corrected chi connectivity index (χ4v) is 5.26. The number of nitrogens with one attached hydrogen (secondary N) is 1. The molecule has 4 saturated carbocycles. The maximum absolute atomic E-state index is 12.2. The maximum Gasteiger partial charge on any atom is 0.377 e. The fraction of sp³-hybridized carbons (Fsp3) is 0.706. The SMILES string of the molecule is Cc1cc(C(=O)OCC(=O)NC23CC4CC(CC(C4)C2)C3)on1. The number of rotatable bonds is 4. The number of aryl methyl sites for hydroxylation is 1. The molecule has 0 aromatic carbocycles. The number of esters is 1. The summed E-state index contributed by atoms with van der Waals surface area (Å²) in [6.45, 7) is 1.46. The molecule has 0 radical (unpaired) electrons. The molecule has 0 unspecified atom stereocenters. The van der Waals surface area contributed by atoms with Crippen molar-refractivity contribution in [1.29, 1.82) is 0 Å². The molecule has 0 spiro atoms. The Kier molecular flexibility index (Phi) is 3.43. The smallest absolute Gasteiger partial charge is 0.377 e. The summed E-state index contributed by atoms with van der Waals surface area (Å²) in [6.07, 6.45) is 7.23. The van der Waals surface area contributed by atoms with E-state index in [0.29, 0.717) is 5.69 Å². The van der Waals surface area contributed by atoms with Crippen molar-refractivity contribution in [3.8, 4) is 0 Å². The lowest BCUT2D eigenvalue weighted by Gasteiger charge is -2.56. The van der Waals surface area contributed by atoms with Crippen LogP contribution in [0.25, 0.3) is 0 Å². The lowest BCUT2D eigenvalue weighted by molar-refractivity contribution is -0.130. The number of aromatic nitrogens is 1. The molecule has 4 aliphatic rings. The lowest BCUT2D eigenvalue weighted by Crippen LogP contribution is -2.60. The molecule has 23 heavy (non-hydrogen) atoms. The highest BCUT2D eigenvalue weighted by molar-refractivity contribution is 5.88. The number of nitrogens with zero attached hydrogens (tertiary/aromatic N) is 1. The van der Waals surface area contributed by atoms with Crippen molar-refractivity contribution in [2.24, 2.45) is 17.8 Å². The topological polar surface area (TPSA) is 81.4 Å². The standard InChI is InChI=1S/C17H22N2O4/c1-10-2-14(23-19-10)16(21)22-9-15(20)18-17-6-11-3-12(7-17)5-13(4-11)8-17/h2,11-13H,3-9H2,1H3,(H,18,20). The number of amides is 1. The van der Waals surface area contributed by atoms with Gasteiger partial charge in [0.2, 0.25) is 5.76 Å². The number of carbonyl (C=O) groups is 2. The van der Waals surface area contributed by atoms with Crippen LogP contribution in [-0.4, -0.2) is 29.2 Å². The van der Waals surface area contributed by atoms with Crippen molar-refractivity contribution in [1.82, 2.24) is 10.5 Å². The van der Waals surface area contributed by atoms with Crippen LogP contribution in [0.1, 0.15) is 54.8 Å². The van der Waals surface area contributed by atoms with Gasteiger partial charge in [0.25, 0.3) is 5.91 Å². The van der Waals surface area contributed by atoms with E-state index in [0.717, 1.165) is 37.0 Å². The van der Waals surface area contributed by atoms with Gasteiger partial charge in [-0.25, -0.2) is 4.79 Å². The Labute approximate surface area is 134 Å². The van der Waals surface area contributed by atoms with Crippen LogP contribution in [0, 0.1) is 24.7 Å². The van der Waals surface area contributed by atoms with Crippen LogP contribution in [0.2, 0.25) is 0 Å². The van der Waals surface area contributed by atoms with E-state index < -0.39 is 5.97 Å². The number of carbonyl (C=O) groups excluding carboxylic acids is 2. The summed E-state index contributed by atoms with van der Waals surface area (Å²) in [7, 11) is 0. The molecule has 0 saturated heterocycles. The van der Waals surface area contributed by atoms with Crippen LogP contribution < -0.4 is 5.32 Å². The Balaban J connectivity index is 1.33. The summed E-state index contributed by atoms with van der Waals surface area (Å²) in [5.41, 5.74) is 0.552. The van der Waals surface area contributed by atoms with Gasteiger partial charge in [-0.15, -0.1) is 0 Å². The van der Waals surface area contributed by atoms with Crippen molar-refractivity contribution < 1.29 is 18.8 Å². The Morgan fingerprint density at radius 3 is 2.39 bits per heavy atom. The molecule has 4 fully saturated rings. The summed E-state index contributed by atoms with van der Waals surface area (Å²) >= 11 is 0. The second-order valence-corrected chi connectivity index (χ2v) is 7.65. The molecule has 1 aromatic heterocycles. The summed E-state index contributed by atoms with van der Waals surface area (Å²) in [4.78, 5) is 24.0. The zero-order valence-electron chi connectivity index (χ0n) is 13.3. The van der Waals surface area contributed by atoms with E-state index in [2.05, 4.69) is 10.5 Å². The Bertz CT molecular complexity index is 601. The molecule has 5 rings (SSSR count). The van der Waals surface area contributed by atoms with E-state index in [1.807, 2.05) is 0 Å². The average Bonchev–Trinajstić information content (AvgIpc) is 2.89. The molecular formula is C17H22N2O4. The van der Waals surface area contributed by atoms with Gasteiger partial charge in [-0.1, -0.05) is 5.16 Å². The van der Waals surface area contributed by atoms with Gasteiger partial charge in [0.1, 0.15) is 0 Å². The normalized spacial score (nSPS) is 34.4. The molecule has 0 atom stereocenters. The van der Waals surface area contributed by atoms with Crippen molar-refractivity contribution in [3.63, 3.8) is 0 Å². The number of hydrogen-bond donors (Lipinski definition) is 1. The van der Waals surface area contributed by atoms with Gasteiger partial charge in [0.05, 0.1) is 5.69 Å². The third kappa shape index (κ3) is 2.86. The van der Waals surface area contributed by atoms with Gasteiger partial charge in [-0.05, 0) is 63.2 Å². The van der Waals surface area contributed by atoms with Gasteiger partial charge in [-0.2, -0.15) is 0 Å². The van der Waals surface area contributed by atoms with E-state index in [1.54, 1.807) is 6.92 Å². The van der Waals surface area contributed by atoms with Crippen molar-refractivity contribution in [3.05, 3.63) is 17.5 Å².